The molecule has 0 aromatic heterocycles. The molecule has 0 heterocycles. The Bertz CT molecular complexity index is 643. The molecule has 0 aliphatic rings. The van der Waals surface area contributed by atoms with E-state index >= 15 is 0 Å². The minimum atomic E-state index is -4.19. The lowest BCUT2D eigenvalue weighted by Gasteiger charge is -2.07. The van der Waals surface area contributed by atoms with Crippen molar-refractivity contribution >= 4 is 21.7 Å². The topological polar surface area (TPSA) is 110 Å². The van der Waals surface area contributed by atoms with Crippen molar-refractivity contribution in [3.05, 3.63) is 29.6 Å². The van der Waals surface area contributed by atoms with Gasteiger partial charge in [0, 0.05) is 13.7 Å². The molecule has 1 rings (SSSR count). The van der Waals surface area contributed by atoms with Gasteiger partial charge >= 0.3 is 5.97 Å². The average molecular weight is 319 g/mol. The highest BCUT2D eigenvalue weighted by Crippen LogP contribution is 2.17. The number of ether oxygens (including phenoxy) is 1. The van der Waals surface area contributed by atoms with Gasteiger partial charge in [0.05, 0.1) is 12.2 Å². The zero-order valence-electron chi connectivity index (χ0n) is 11.1. The molecule has 1 amide bonds. The number of rotatable bonds is 7. The molecule has 0 radical (unpaired) electrons. The Kier molecular flexibility index (Phi) is 5.79. The fraction of sp³-hybridized carbons (Fsp3) is 0.333. The van der Waals surface area contributed by atoms with Crippen molar-refractivity contribution in [1.82, 2.24) is 5.32 Å². The van der Waals surface area contributed by atoms with Gasteiger partial charge in [-0.15, -0.1) is 0 Å². The first-order valence-corrected chi connectivity index (χ1v) is 7.44. The summed E-state index contributed by atoms with van der Waals surface area (Å²) in [5, 5.41) is 11.0. The van der Waals surface area contributed by atoms with E-state index in [1.54, 1.807) is 0 Å². The number of carbonyl (C=O) groups excluding carboxylic acids is 1. The zero-order chi connectivity index (χ0) is 16.0. The molecule has 0 aliphatic carbocycles. The maximum absolute atomic E-state index is 13.7. The molecule has 116 valence electrons. The largest absolute Gasteiger partial charge is 0.478 e. The van der Waals surface area contributed by atoms with Crippen LogP contribution in [-0.4, -0.2) is 51.4 Å². The van der Waals surface area contributed by atoms with E-state index < -0.39 is 38.2 Å². The number of halogens is 1. The van der Waals surface area contributed by atoms with Gasteiger partial charge in [0.2, 0.25) is 5.91 Å². The quantitative estimate of drug-likeness (QED) is 0.688. The molecule has 0 aliphatic heterocycles. The molecule has 21 heavy (non-hydrogen) atoms. The highest BCUT2D eigenvalue weighted by atomic mass is 32.2. The van der Waals surface area contributed by atoms with Gasteiger partial charge in [0.1, 0.15) is 16.5 Å². The van der Waals surface area contributed by atoms with Crippen molar-refractivity contribution in [2.24, 2.45) is 0 Å². The van der Waals surface area contributed by atoms with E-state index in [2.05, 4.69) is 10.1 Å². The fourth-order valence-corrected chi connectivity index (χ4v) is 2.71. The van der Waals surface area contributed by atoms with Crippen molar-refractivity contribution in [2.45, 2.75) is 4.90 Å². The monoisotopic (exact) mass is 319 g/mol. The fourth-order valence-electron chi connectivity index (χ4n) is 1.48. The van der Waals surface area contributed by atoms with Crippen molar-refractivity contribution in [3.63, 3.8) is 0 Å². The van der Waals surface area contributed by atoms with Crippen LogP contribution in [0, 0.1) is 5.82 Å². The Labute approximate surface area is 120 Å². The van der Waals surface area contributed by atoms with E-state index in [1.165, 1.54) is 7.11 Å². The number of nitrogens with one attached hydrogen (secondary N) is 1. The van der Waals surface area contributed by atoms with E-state index in [9.17, 15) is 22.4 Å². The summed E-state index contributed by atoms with van der Waals surface area (Å²) in [7, 11) is -2.77. The third kappa shape index (κ3) is 4.80. The number of hydrogen-bond donors (Lipinski definition) is 2. The molecule has 0 atom stereocenters. The first kappa shape index (κ1) is 17.1. The number of amides is 1. The summed E-state index contributed by atoms with van der Waals surface area (Å²) in [6.07, 6.45) is 0. The molecule has 9 heteroatoms. The van der Waals surface area contributed by atoms with Gasteiger partial charge in [0.25, 0.3) is 0 Å². The van der Waals surface area contributed by atoms with Crippen LogP contribution < -0.4 is 5.32 Å². The molecule has 1 aromatic carbocycles. The van der Waals surface area contributed by atoms with Crippen LogP contribution in [0.2, 0.25) is 0 Å². The number of methoxy groups -OCH3 is 1. The normalized spacial score (nSPS) is 11.1. The van der Waals surface area contributed by atoms with E-state index in [0.29, 0.717) is 6.07 Å². The van der Waals surface area contributed by atoms with Gasteiger partial charge in [-0.2, -0.15) is 0 Å². The third-order valence-corrected chi connectivity index (χ3v) is 4.11. The Balaban J connectivity index is 2.88. The Morgan fingerprint density at radius 3 is 2.57 bits per heavy atom. The Morgan fingerprint density at radius 2 is 2.05 bits per heavy atom. The number of carboxylic acids is 1. The molecule has 0 spiro atoms. The molecule has 1 aromatic rings. The molecule has 0 unspecified atom stereocenters. The minimum Gasteiger partial charge on any atom is -0.478 e. The summed E-state index contributed by atoms with van der Waals surface area (Å²) >= 11 is 0. The number of hydrogen-bond acceptors (Lipinski definition) is 5. The van der Waals surface area contributed by atoms with Crippen LogP contribution in [0.15, 0.2) is 23.1 Å². The smallest absolute Gasteiger partial charge is 0.335 e. The van der Waals surface area contributed by atoms with Gasteiger partial charge in [-0.05, 0) is 18.2 Å². The average Bonchev–Trinajstić information content (AvgIpc) is 2.37. The second-order valence-electron chi connectivity index (χ2n) is 4.05. The minimum absolute atomic E-state index is 0.130. The zero-order valence-corrected chi connectivity index (χ0v) is 11.9. The first-order valence-electron chi connectivity index (χ1n) is 5.79. The van der Waals surface area contributed by atoms with Crippen LogP contribution in [0.1, 0.15) is 10.4 Å². The van der Waals surface area contributed by atoms with Crippen molar-refractivity contribution in [1.29, 1.82) is 0 Å². The SMILES string of the molecule is COCCNC(=O)CS(=O)(=O)c1ccc(C(=O)O)cc1F. The molecule has 0 saturated carbocycles. The van der Waals surface area contributed by atoms with Gasteiger partial charge in [-0.1, -0.05) is 0 Å². The highest BCUT2D eigenvalue weighted by Gasteiger charge is 2.23. The Morgan fingerprint density at radius 1 is 1.38 bits per heavy atom. The summed E-state index contributed by atoms with van der Waals surface area (Å²) in [4.78, 5) is 21.4. The number of aromatic carboxylic acids is 1. The number of carbonyl (C=O) groups is 2. The Hall–Kier alpha value is -2.00. The van der Waals surface area contributed by atoms with Gasteiger partial charge in [-0.3, -0.25) is 4.79 Å². The van der Waals surface area contributed by atoms with E-state index in [-0.39, 0.29) is 18.7 Å². The number of carboxylic acid groups (broad SMARTS) is 1. The molecular weight excluding hydrogens is 305 g/mol. The van der Waals surface area contributed by atoms with Crippen molar-refractivity contribution in [2.75, 3.05) is 26.0 Å². The predicted octanol–water partition coefficient (Wildman–Crippen LogP) is 0.0602. The van der Waals surface area contributed by atoms with Gasteiger partial charge in [-0.25, -0.2) is 17.6 Å². The van der Waals surface area contributed by atoms with E-state index in [0.717, 1.165) is 12.1 Å². The van der Waals surface area contributed by atoms with Crippen LogP contribution in [0.5, 0.6) is 0 Å². The standard InChI is InChI=1S/C12H14FNO6S/c1-20-5-4-14-11(15)7-21(18,19)10-3-2-8(12(16)17)6-9(10)13/h2-3,6H,4-5,7H2,1H3,(H,14,15)(H,16,17). The maximum Gasteiger partial charge on any atom is 0.335 e. The van der Waals surface area contributed by atoms with Gasteiger partial charge < -0.3 is 15.2 Å². The second kappa shape index (κ2) is 7.14. The van der Waals surface area contributed by atoms with Crippen LogP contribution in [0.4, 0.5) is 4.39 Å². The molecule has 0 saturated heterocycles. The van der Waals surface area contributed by atoms with Crippen LogP contribution >= 0.6 is 0 Å². The first-order chi connectivity index (χ1) is 9.77. The number of sulfone groups is 1. The van der Waals surface area contributed by atoms with Crippen molar-refractivity contribution < 1.29 is 32.2 Å². The summed E-state index contributed by atoms with van der Waals surface area (Å²) in [6.45, 7) is 0.346. The molecule has 0 fully saturated rings. The molecule has 7 nitrogen and oxygen atoms in total. The lowest BCUT2D eigenvalue weighted by atomic mass is 10.2. The maximum atomic E-state index is 13.7. The molecular formula is C12H14FNO6S. The predicted molar refractivity (Wildman–Crippen MR) is 70.3 cm³/mol. The van der Waals surface area contributed by atoms with Crippen LogP contribution in [0.3, 0.4) is 0 Å². The van der Waals surface area contributed by atoms with Crippen LogP contribution in [-0.2, 0) is 19.4 Å². The molecule has 0 bridgehead atoms. The van der Waals surface area contributed by atoms with Crippen LogP contribution in [0.25, 0.3) is 0 Å². The summed E-state index contributed by atoms with van der Waals surface area (Å²) in [6, 6.07) is 2.38. The highest BCUT2D eigenvalue weighted by molar-refractivity contribution is 7.92. The lowest BCUT2D eigenvalue weighted by Crippen LogP contribution is -2.32. The lowest BCUT2D eigenvalue weighted by molar-refractivity contribution is -0.118. The summed E-state index contributed by atoms with van der Waals surface area (Å²) in [5.41, 5.74) is -0.379. The second-order valence-corrected chi connectivity index (χ2v) is 6.01. The molecule has 2 N–H and O–H groups in total. The van der Waals surface area contributed by atoms with E-state index in [4.69, 9.17) is 5.11 Å². The summed E-state index contributed by atoms with van der Waals surface area (Å²) < 4.78 is 42.1. The number of benzene rings is 1. The van der Waals surface area contributed by atoms with E-state index in [1.807, 2.05) is 0 Å². The summed E-state index contributed by atoms with van der Waals surface area (Å²) in [5.74, 6) is -4.32. The van der Waals surface area contributed by atoms with Gasteiger partial charge in [0.15, 0.2) is 9.84 Å². The van der Waals surface area contributed by atoms with Crippen molar-refractivity contribution in [3.8, 4) is 0 Å². The third-order valence-electron chi connectivity index (χ3n) is 2.46.